The van der Waals surface area contributed by atoms with Gasteiger partial charge in [-0.05, 0) is 55.8 Å². The molecule has 0 unspecified atom stereocenters. The Morgan fingerprint density at radius 1 is 1.12 bits per heavy atom. The number of furan rings is 1. The van der Waals surface area contributed by atoms with Crippen LogP contribution in [0.25, 0.3) is 10.8 Å². The Morgan fingerprint density at radius 3 is 2.68 bits per heavy atom. The van der Waals surface area contributed by atoms with Crippen LogP contribution in [-0.2, 0) is 6.54 Å². The van der Waals surface area contributed by atoms with Crippen molar-refractivity contribution in [2.24, 2.45) is 0 Å². The van der Waals surface area contributed by atoms with E-state index in [1.54, 1.807) is 17.6 Å². The van der Waals surface area contributed by atoms with Crippen molar-refractivity contribution >= 4 is 34.5 Å². The number of nitrogens with zero attached hydrogens (tertiary/aromatic N) is 3. The Balaban J connectivity index is 1.36. The molecule has 1 saturated heterocycles. The van der Waals surface area contributed by atoms with Crippen LogP contribution in [0.5, 0.6) is 0 Å². The maximum atomic E-state index is 6.11. The number of aromatic nitrogens is 2. The Hall–Kier alpha value is -1.40. The highest BCUT2D eigenvalue weighted by molar-refractivity contribution is 7.14. The highest BCUT2D eigenvalue weighted by Gasteiger charge is 2.24. The lowest BCUT2D eigenvalue weighted by atomic mass is 9.97. The fraction of sp³-hybridized carbons (Fsp3) is 0.333. The zero-order valence-electron chi connectivity index (χ0n) is 13.5. The molecule has 1 fully saturated rings. The molecule has 2 aromatic heterocycles. The largest absolute Gasteiger partial charge is 0.462 e. The molecule has 0 atom stereocenters. The number of piperidine rings is 1. The van der Waals surface area contributed by atoms with Crippen molar-refractivity contribution in [3.05, 3.63) is 57.2 Å². The van der Waals surface area contributed by atoms with Crippen molar-refractivity contribution in [3.63, 3.8) is 0 Å². The molecular weight excluding hydrogens is 377 g/mol. The minimum atomic E-state index is 0.478. The molecule has 3 heterocycles. The molecule has 4 nitrogen and oxygen atoms in total. The third-order valence-electron chi connectivity index (χ3n) is 4.50. The molecule has 0 N–H and O–H groups in total. The van der Waals surface area contributed by atoms with E-state index in [1.165, 1.54) is 5.56 Å². The summed E-state index contributed by atoms with van der Waals surface area (Å²) >= 11 is 13.7. The van der Waals surface area contributed by atoms with Crippen molar-refractivity contribution in [1.82, 2.24) is 15.1 Å². The minimum Gasteiger partial charge on any atom is -0.462 e. The lowest BCUT2D eigenvalue weighted by Crippen LogP contribution is -2.32. The fourth-order valence-electron chi connectivity index (χ4n) is 3.13. The molecular formula is C18H17Cl2N3OS. The van der Waals surface area contributed by atoms with Gasteiger partial charge < -0.3 is 4.42 Å². The maximum Gasteiger partial charge on any atom is 0.183 e. The third-order valence-corrected chi connectivity index (χ3v) is 6.34. The smallest absolute Gasteiger partial charge is 0.183 e. The van der Waals surface area contributed by atoms with Gasteiger partial charge >= 0.3 is 0 Å². The first kappa shape index (κ1) is 17.0. The van der Waals surface area contributed by atoms with E-state index >= 15 is 0 Å². The molecule has 0 bridgehead atoms. The highest BCUT2D eigenvalue weighted by Crippen LogP contribution is 2.34. The zero-order valence-corrected chi connectivity index (χ0v) is 15.8. The molecule has 3 aromatic rings. The summed E-state index contributed by atoms with van der Waals surface area (Å²) in [6.07, 6.45) is 3.85. The van der Waals surface area contributed by atoms with Crippen LogP contribution < -0.4 is 0 Å². The number of likely N-dealkylation sites (tertiary alicyclic amines) is 1. The standard InChI is InChI=1S/C18H17Cl2N3OS/c19-14-4-3-12(10-15(14)20)11-23-7-5-13(6-8-23)17-21-22-18(25-17)16-2-1-9-24-16/h1-4,9-10,13H,5-8,11H2. The summed E-state index contributed by atoms with van der Waals surface area (Å²) in [6.45, 7) is 2.98. The molecule has 130 valence electrons. The average molecular weight is 394 g/mol. The van der Waals surface area contributed by atoms with Crippen molar-refractivity contribution in [1.29, 1.82) is 0 Å². The third kappa shape index (κ3) is 3.90. The Bertz CT molecular complexity index is 842. The van der Waals surface area contributed by atoms with Crippen LogP contribution in [-0.4, -0.2) is 28.2 Å². The molecule has 0 radical (unpaired) electrons. The van der Waals surface area contributed by atoms with Gasteiger partial charge in [-0.2, -0.15) is 0 Å². The summed E-state index contributed by atoms with van der Waals surface area (Å²) in [7, 11) is 0. The number of hydrogen-bond donors (Lipinski definition) is 0. The first-order valence-corrected chi connectivity index (χ1v) is 9.80. The van der Waals surface area contributed by atoms with Crippen LogP contribution >= 0.6 is 34.5 Å². The molecule has 4 rings (SSSR count). The van der Waals surface area contributed by atoms with Gasteiger partial charge in [0.05, 0.1) is 16.3 Å². The lowest BCUT2D eigenvalue weighted by molar-refractivity contribution is 0.204. The SMILES string of the molecule is Clc1ccc(CN2CCC(c3nnc(-c4ccco4)s3)CC2)cc1Cl. The van der Waals surface area contributed by atoms with Crippen molar-refractivity contribution in [2.45, 2.75) is 25.3 Å². The second-order valence-corrected chi connectivity index (χ2v) is 8.05. The first-order chi connectivity index (χ1) is 12.2. The van der Waals surface area contributed by atoms with E-state index < -0.39 is 0 Å². The average Bonchev–Trinajstić information content (AvgIpc) is 3.30. The Morgan fingerprint density at radius 2 is 1.96 bits per heavy atom. The number of halogens is 2. The molecule has 25 heavy (non-hydrogen) atoms. The zero-order chi connectivity index (χ0) is 17.2. The minimum absolute atomic E-state index is 0.478. The van der Waals surface area contributed by atoms with E-state index in [2.05, 4.69) is 15.1 Å². The van der Waals surface area contributed by atoms with Crippen molar-refractivity contribution < 1.29 is 4.42 Å². The predicted molar refractivity (Wildman–Crippen MR) is 101 cm³/mol. The molecule has 0 amide bonds. The van der Waals surface area contributed by atoms with E-state index in [4.69, 9.17) is 27.6 Å². The second-order valence-electron chi connectivity index (χ2n) is 6.22. The van der Waals surface area contributed by atoms with Gasteiger partial charge in [0.1, 0.15) is 5.01 Å². The van der Waals surface area contributed by atoms with Gasteiger partial charge in [-0.3, -0.25) is 4.90 Å². The van der Waals surface area contributed by atoms with Crippen LogP contribution in [0.3, 0.4) is 0 Å². The van der Waals surface area contributed by atoms with Crippen LogP contribution in [0, 0.1) is 0 Å². The highest BCUT2D eigenvalue weighted by atomic mass is 35.5. The van der Waals surface area contributed by atoms with Gasteiger partial charge in [-0.1, -0.05) is 40.6 Å². The van der Waals surface area contributed by atoms with Gasteiger partial charge in [-0.15, -0.1) is 10.2 Å². The molecule has 0 spiro atoms. The monoisotopic (exact) mass is 393 g/mol. The van der Waals surface area contributed by atoms with E-state index in [-0.39, 0.29) is 0 Å². The summed E-state index contributed by atoms with van der Waals surface area (Å²) in [6, 6.07) is 9.66. The van der Waals surface area contributed by atoms with Gasteiger partial charge in [-0.25, -0.2) is 0 Å². The maximum absolute atomic E-state index is 6.11. The van der Waals surface area contributed by atoms with Crippen LogP contribution in [0.1, 0.15) is 29.3 Å². The Labute approximate surface area is 160 Å². The van der Waals surface area contributed by atoms with E-state index in [0.717, 1.165) is 48.3 Å². The summed E-state index contributed by atoms with van der Waals surface area (Å²) in [5.41, 5.74) is 1.20. The molecule has 7 heteroatoms. The number of rotatable bonds is 4. The fourth-order valence-corrected chi connectivity index (χ4v) is 4.43. The molecule has 1 aliphatic rings. The number of benzene rings is 1. The lowest BCUT2D eigenvalue weighted by Gasteiger charge is -2.30. The second kappa shape index (κ2) is 7.46. The van der Waals surface area contributed by atoms with Crippen LogP contribution in [0.15, 0.2) is 41.0 Å². The summed E-state index contributed by atoms with van der Waals surface area (Å²) in [5, 5.41) is 11.9. The van der Waals surface area contributed by atoms with Gasteiger partial charge in [0.15, 0.2) is 10.8 Å². The molecule has 1 aliphatic heterocycles. The van der Waals surface area contributed by atoms with Gasteiger partial charge in [0.25, 0.3) is 0 Å². The number of hydrogen-bond acceptors (Lipinski definition) is 5. The summed E-state index contributed by atoms with van der Waals surface area (Å²) in [4.78, 5) is 2.45. The van der Waals surface area contributed by atoms with Crippen molar-refractivity contribution in [2.75, 3.05) is 13.1 Å². The van der Waals surface area contributed by atoms with Crippen molar-refractivity contribution in [3.8, 4) is 10.8 Å². The normalized spacial score (nSPS) is 16.4. The van der Waals surface area contributed by atoms with E-state index in [9.17, 15) is 0 Å². The van der Waals surface area contributed by atoms with Crippen LogP contribution in [0.4, 0.5) is 0 Å². The van der Waals surface area contributed by atoms with Gasteiger partial charge in [0, 0.05) is 12.5 Å². The van der Waals surface area contributed by atoms with E-state index in [1.807, 2.05) is 30.3 Å². The molecule has 1 aromatic carbocycles. The van der Waals surface area contributed by atoms with Gasteiger partial charge in [0.2, 0.25) is 0 Å². The Kier molecular flexibility index (Phi) is 5.08. The molecule has 0 saturated carbocycles. The molecule has 0 aliphatic carbocycles. The van der Waals surface area contributed by atoms with E-state index in [0.29, 0.717) is 16.0 Å². The topological polar surface area (TPSA) is 42.2 Å². The first-order valence-electron chi connectivity index (χ1n) is 8.22. The summed E-state index contributed by atoms with van der Waals surface area (Å²) < 4.78 is 5.40. The summed E-state index contributed by atoms with van der Waals surface area (Å²) in [5.74, 6) is 1.27. The quantitative estimate of drug-likeness (QED) is 0.587. The predicted octanol–water partition coefficient (Wildman–Crippen LogP) is 5.48. The van der Waals surface area contributed by atoms with Crippen LogP contribution in [0.2, 0.25) is 10.0 Å².